The normalized spacial score (nSPS) is 11.0. The van der Waals surface area contributed by atoms with E-state index in [9.17, 15) is 0 Å². The standard InChI is InChI=1S/C16H18N4O/c1-12-9-14-16(18-10-12)20(8-7-17)15(19-14)11-21-13-5-3-2-4-6-13/h2-6,9-10H,7-8,11,17H2,1H3. The van der Waals surface area contributed by atoms with Crippen molar-refractivity contribution in [2.45, 2.75) is 20.1 Å². The quantitative estimate of drug-likeness (QED) is 0.779. The van der Waals surface area contributed by atoms with Crippen LogP contribution in [0.1, 0.15) is 11.4 Å². The average Bonchev–Trinajstić information content (AvgIpc) is 2.84. The second-order valence-corrected chi connectivity index (χ2v) is 4.93. The van der Waals surface area contributed by atoms with Crippen molar-refractivity contribution in [1.82, 2.24) is 14.5 Å². The fourth-order valence-electron chi connectivity index (χ4n) is 2.30. The van der Waals surface area contributed by atoms with E-state index in [-0.39, 0.29) is 0 Å². The van der Waals surface area contributed by atoms with Gasteiger partial charge in [0.25, 0.3) is 0 Å². The van der Waals surface area contributed by atoms with E-state index in [1.165, 1.54) is 0 Å². The molecule has 21 heavy (non-hydrogen) atoms. The Bertz CT molecular complexity index is 737. The van der Waals surface area contributed by atoms with Gasteiger partial charge >= 0.3 is 0 Å². The molecule has 0 unspecified atom stereocenters. The summed E-state index contributed by atoms with van der Waals surface area (Å²) in [5.74, 6) is 1.67. The molecule has 1 aromatic carbocycles. The van der Waals surface area contributed by atoms with Crippen LogP contribution in [0, 0.1) is 6.92 Å². The summed E-state index contributed by atoms with van der Waals surface area (Å²) in [4.78, 5) is 9.09. The summed E-state index contributed by atoms with van der Waals surface area (Å²) in [6.45, 7) is 3.63. The zero-order chi connectivity index (χ0) is 14.7. The van der Waals surface area contributed by atoms with Gasteiger partial charge in [-0.15, -0.1) is 0 Å². The molecule has 0 saturated heterocycles. The molecule has 0 aliphatic rings. The van der Waals surface area contributed by atoms with Crippen molar-refractivity contribution >= 4 is 11.2 Å². The third-order valence-electron chi connectivity index (χ3n) is 3.26. The minimum Gasteiger partial charge on any atom is -0.486 e. The van der Waals surface area contributed by atoms with E-state index in [2.05, 4.69) is 9.97 Å². The molecular formula is C16H18N4O. The van der Waals surface area contributed by atoms with Crippen LogP contribution >= 0.6 is 0 Å². The molecule has 0 atom stereocenters. The Morgan fingerprint density at radius 2 is 2.05 bits per heavy atom. The highest BCUT2D eigenvalue weighted by molar-refractivity contribution is 5.72. The molecule has 2 N–H and O–H groups in total. The monoisotopic (exact) mass is 282 g/mol. The minimum atomic E-state index is 0.402. The van der Waals surface area contributed by atoms with Crippen molar-refractivity contribution in [1.29, 1.82) is 0 Å². The zero-order valence-corrected chi connectivity index (χ0v) is 12.0. The SMILES string of the molecule is Cc1cnc2c(c1)nc(COc1ccccc1)n2CCN. The predicted molar refractivity (Wildman–Crippen MR) is 82.1 cm³/mol. The number of aromatic nitrogens is 3. The van der Waals surface area contributed by atoms with Gasteiger partial charge in [-0.2, -0.15) is 0 Å². The van der Waals surface area contributed by atoms with Crippen LogP contribution < -0.4 is 10.5 Å². The van der Waals surface area contributed by atoms with Crippen LogP contribution in [-0.4, -0.2) is 21.1 Å². The lowest BCUT2D eigenvalue weighted by Gasteiger charge is -2.08. The molecule has 0 radical (unpaired) electrons. The smallest absolute Gasteiger partial charge is 0.160 e. The van der Waals surface area contributed by atoms with Gasteiger partial charge < -0.3 is 15.0 Å². The Balaban J connectivity index is 1.91. The molecule has 3 rings (SSSR count). The Morgan fingerprint density at radius 3 is 2.81 bits per heavy atom. The Hall–Kier alpha value is -2.40. The first-order chi connectivity index (χ1) is 10.3. The molecule has 108 valence electrons. The molecule has 0 bridgehead atoms. The molecular weight excluding hydrogens is 264 g/mol. The number of pyridine rings is 1. The third-order valence-corrected chi connectivity index (χ3v) is 3.26. The summed E-state index contributed by atoms with van der Waals surface area (Å²) in [5.41, 5.74) is 8.54. The number of rotatable bonds is 5. The van der Waals surface area contributed by atoms with Gasteiger partial charge in [-0.1, -0.05) is 18.2 Å². The molecule has 3 aromatic rings. The number of imidazole rings is 1. The van der Waals surface area contributed by atoms with Crippen LogP contribution in [0.4, 0.5) is 0 Å². The van der Waals surface area contributed by atoms with E-state index >= 15 is 0 Å². The van der Waals surface area contributed by atoms with Crippen molar-refractivity contribution in [2.75, 3.05) is 6.54 Å². The molecule has 0 aliphatic carbocycles. The van der Waals surface area contributed by atoms with Crippen LogP contribution in [0.3, 0.4) is 0 Å². The van der Waals surface area contributed by atoms with E-state index in [1.807, 2.05) is 54.1 Å². The zero-order valence-electron chi connectivity index (χ0n) is 12.0. The first-order valence-electron chi connectivity index (χ1n) is 6.97. The Labute approximate surface area is 123 Å². The van der Waals surface area contributed by atoms with Gasteiger partial charge in [0.1, 0.15) is 23.7 Å². The van der Waals surface area contributed by atoms with Crippen molar-refractivity contribution in [3.05, 3.63) is 54.0 Å². The van der Waals surface area contributed by atoms with E-state index in [0.29, 0.717) is 19.7 Å². The number of benzene rings is 1. The van der Waals surface area contributed by atoms with Crippen molar-refractivity contribution in [3.63, 3.8) is 0 Å². The summed E-state index contributed by atoms with van der Waals surface area (Å²) >= 11 is 0. The average molecular weight is 282 g/mol. The molecule has 2 aromatic heterocycles. The van der Waals surface area contributed by atoms with Gasteiger partial charge in [0.05, 0.1) is 0 Å². The molecule has 0 spiro atoms. The topological polar surface area (TPSA) is 66.0 Å². The molecule has 5 heteroatoms. The lowest BCUT2D eigenvalue weighted by Crippen LogP contribution is -2.14. The van der Waals surface area contributed by atoms with Gasteiger partial charge in [-0.25, -0.2) is 9.97 Å². The maximum Gasteiger partial charge on any atom is 0.160 e. The maximum atomic E-state index is 5.79. The fraction of sp³-hybridized carbons (Fsp3) is 0.250. The van der Waals surface area contributed by atoms with E-state index in [0.717, 1.165) is 28.3 Å². The summed E-state index contributed by atoms with van der Waals surface area (Å²) in [7, 11) is 0. The van der Waals surface area contributed by atoms with E-state index in [4.69, 9.17) is 10.5 Å². The fourth-order valence-corrected chi connectivity index (χ4v) is 2.30. The number of hydrogen-bond donors (Lipinski definition) is 1. The van der Waals surface area contributed by atoms with E-state index < -0.39 is 0 Å². The van der Waals surface area contributed by atoms with Gasteiger partial charge in [-0.05, 0) is 30.7 Å². The van der Waals surface area contributed by atoms with Gasteiger partial charge in [0, 0.05) is 19.3 Å². The van der Waals surface area contributed by atoms with Crippen molar-refractivity contribution < 1.29 is 4.74 Å². The van der Waals surface area contributed by atoms with Crippen LogP contribution in [-0.2, 0) is 13.2 Å². The number of fused-ring (bicyclic) bond motifs is 1. The summed E-state index contributed by atoms with van der Waals surface area (Å²) in [6, 6.07) is 11.7. The first kappa shape index (κ1) is 13.6. The molecule has 0 saturated carbocycles. The van der Waals surface area contributed by atoms with Crippen LogP contribution in [0.15, 0.2) is 42.6 Å². The maximum absolute atomic E-state index is 5.79. The lowest BCUT2D eigenvalue weighted by atomic mass is 10.3. The van der Waals surface area contributed by atoms with Crippen molar-refractivity contribution in [3.8, 4) is 5.75 Å². The highest BCUT2D eigenvalue weighted by Crippen LogP contribution is 2.17. The molecule has 0 aliphatic heterocycles. The number of nitrogens with zero attached hydrogens (tertiary/aromatic N) is 3. The first-order valence-corrected chi connectivity index (χ1v) is 6.97. The number of para-hydroxylation sites is 1. The summed E-state index contributed by atoms with van der Waals surface area (Å²) < 4.78 is 7.81. The van der Waals surface area contributed by atoms with Crippen LogP contribution in [0.5, 0.6) is 5.75 Å². The molecule has 0 fully saturated rings. The second kappa shape index (κ2) is 5.93. The molecule has 0 amide bonds. The number of nitrogens with two attached hydrogens (primary N) is 1. The summed E-state index contributed by atoms with van der Waals surface area (Å²) in [6.07, 6.45) is 1.85. The van der Waals surface area contributed by atoms with Gasteiger partial charge in [0.2, 0.25) is 0 Å². The minimum absolute atomic E-state index is 0.402. The van der Waals surface area contributed by atoms with E-state index in [1.54, 1.807) is 0 Å². The van der Waals surface area contributed by atoms with Crippen molar-refractivity contribution in [2.24, 2.45) is 5.73 Å². The highest BCUT2D eigenvalue weighted by atomic mass is 16.5. The third kappa shape index (κ3) is 2.87. The van der Waals surface area contributed by atoms with Crippen LogP contribution in [0.25, 0.3) is 11.2 Å². The Morgan fingerprint density at radius 1 is 1.24 bits per heavy atom. The highest BCUT2D eigenvalue weighted by Gasteiger charge is 2.12. The number of hydrogen-bond acceptors (Lipinski definition) is 4. The summed E-state index contributed by atoms with van der Waals surface area (Å²) in [5, 5.41) is 0. The molecule has 2 heterocycles. The van der Waals surface area contributed by atoms with Gasteiger partial charge in [-0.3, -0.25) is 0 Å². The predicted octanol–water partition coefficient (Wildman–Crippen LogP) is 2.28. The Kier molecular flexibility index (Phi) is 3.83. The van der Waals surface area contributed by atoms with Gasteiger partial charge in [0.15, 0.2) is 5.65 Å². The number of ether oxygens (including phenoxy) is 1. The largest absolute Gasteiger partial charge is 0.486 e. The van der Waals surface area contributed by atoms with Crippen LogP contribution in [0.2, 0.25) is 0 Å². The number of aryl methyl sites for hydroxylation is 1. The molecule has 5 nitrogen and oxygen atoms in total. The lowest BCUT2D eigenvalue weighted by molar-refractivity contribution is 0.290. The second-order valence-electron chi connectivity index (χ2n) is 4.93.